The average molecular weight is 166 g/mol. The molecule has 1 aromatic rings. The van der Waals surface area contributed by atoms with Gasteiger partial charge in [0.1, 0.15) is 5.75 Å². The first-order chi connectivity index (χ1) is 5.81. The van der Waals surface area contributed by atoms with Crippen LogP contribution < -0.4 is 4.74 Å². The second-order valence-corrected chi connectivity index (χ2v) is 2.65. The Morgan fingerprint density at radius 3 is 2.58 bits per heavy atom. The second-order valence-electron chi connectivity index (χ2n) is 2.65. The molecule has 0 spiro atoms. The summed E-state index contributed by atoms with van der Waals surface area (Å²) in [6.07, 6.45) is 0.924. The predicted octanol–water partition coefficient (Wildman–Crippen LogP) is 1.75. The summed E-state index contributed by atoms with van der Waals surface area (Å²) in [6.45, 7) is 2.17. The number of hydrogen-bond donors (Lipinski definition) is 1. The van der Waals surface area contributed by atoms with E-state index in [0.717, 1.165) is 23.3 Å². The lowest BCUT2D eigenvalue weighted by atomic mass is 10.1. The monoisotopic (exact) mass is 166 g/mol. The van der Waals surface area contributed by atoms with E-state index < -0.39 is 0 Å². The van der Waals surface area contributed by atoms with E-state index in [1.165, 1.54) is 0 Å². The summed E-state index contributed by atoms with van der Waals surface area (Å²) < 4.78 is 5.07. The van der Waals surface area contributed by atoms with Gasteiger partial charge in [-0.3, -0.25) is 0 Å². The van der Waals surface area contributed by atoms with Crippen LogP contribution in [0.4, 0.5) is 0 Å². The Balaban J connectivity index is 3.02. The highest BCUT2D eigenvalue weighted by Gasteiger charge is 2.00. The first kappa shape index (κ1) is 9.07. The molecule has 0 saturated heterocycles. The maximum absolute atomic E-state index is 8.97. The van der Waals surface area contributed by atoms with E-state index in [-0.39, 0.29) is 6.61 Å². The van der Waals surface area contributed by atoms with E-state index in [4.69, 9.17) is 9.84 Å². The van der Waals surface area contributed by atoms with E-state index in [1.807, 2.05) is 18.2 Å². The summed E-state index contributed by atoms with van der Waals surface area (Å²) >= 11 is 0. The molecule has 12 heavy (non-hydrogen) atoms. The molecular weight excluding hydrogens is 152 g/mol. The summed E-state index contributed by atoms with van der Waals surface area (Å²) in [5, 5.41) is 8.97. The highest BCUT2D eigenvalue weighted by molar-refractivity contribution is 5.35. The molecule has 0 aromatic heterocycles. The van der Waals surface area contributed by atoms with Gasteiger partial charge in [-0.15, -0.1) is 0 Å². The molecule has 0 fully saturated rings. The van der Waals surface area contributed by atoms with Crippen LogP contribution in [0.25, 0.3) is 0 Å². The molecule has 0 aliphatic carbocycles. The topological polar surface area (TPSA) is 29.5 Å². The number of aliphatic hydroxyl groups excluding tert-OH is 1. The van der Waals surface area contributed by atoms with Gasteiger partial charge in [0.15, 0.2) is 0 Å². The van der Waals surface area contributed by atoms with Gasteiger partial charge in [-0.05, 0) is 29.7 Å². The van der Waals surface area contributed by atoms with Gasteiger partial charge in [0.25, 0.3) is 0 Å². The quantitative estimate of drug-likeness (QED) is 0.741. The molecule has 2 nitrogen and oxygen atoms in total. The Kier molecular flexibility index (Phi) is 3.11. The minimum Gasteiger partial charge on any atom is -0.497 e. The summed E-state index contributed by atoms with van der Waals surface area (Å²) in [7, 11) is 1.65. The predicted molar refractivity (Wildman–Crippen MR) is 48.3 cm³/mol. The molecule has 0 aliphatic rings. The Labute approximate surface area is 72.8 Å². The van der Waals surface area contributed by atoms with Crippen LogP contribution in [0.1, 0.15) is 18.1 Å². The lowest BCUT2D eigenvalue weighted by molar-refractivity contribution is 0.280. The SMILES string of the molecule is CCc1cc(OC)ccc1CO. The molecule has 0 amide bonds. The molecule has 0 unspecified atom stereocenters. The van der Waals surface area contributed by atoms with E-state index in [0.29, 0.717) is 0 Å². The molecule has 1 rings (SSSR count). The van der Waals surface area contributed by atoms with Crippen molar-refractivity contribution >= 4 is 0 Å². The summed E-state index contributed by atoms with van der Waals surface area (Å²) in [6, 6.07) is 5.73. The van der Waals surface area contributed by atoms with Gasteiger partial charge < -0.3 is 9.84 Å². The number of hydrogen-bond acceptors (Lipinski definition) is 2. The molecule has 1 N–H and O–H groups in total. The normalized spacial score (nSPS) is 9.92. The van der Waals surface area contributed by atoms with Crippen LogP contribution in [0, 0.1) is 0 Å². The summed E-state index contributed by atoms with van der Waals surface area (Å²) in [4.78, 5) is 0. The van der Waals surface area contributed by atoms with Crippen molar-refractivity contribution in [2.75, 3.05) is 7.11 Å². The van der Waals surface area contributed by atoms with Gasteiger partial charge in [-0.2, -0.15) is 0 Å². The highest BCUT2D eigenvalue weighted by Crippen LogP contribution is 2.17. The number of benzene rings is 1. The first-order valence-corrected chi connectivity index (χ1v) is 4.08. The van der Waals surface area contributed by atoms with Crippen molar-refractivity contribution in [2.45, 2.75) is 20.0 Å². The molecule has 0 radical (unpaired) electrons. The van der Waals surface area contributed by atoms with Gasteiger partial charge in [0.2, 0.25) is 0 Å². The zero-order valence-electron chi connectivity index (χ0n) is 7.50. The number of methoxy groups -OCH3 is 1. The smallest absolute Gasteiger partial charge is 0.119 e. The van der Waals surface area contributed by atoms with E-state index in [9.17, 15) is 0 Å². The van der Waals surface area contributed by atoms with Crippen molar-refractivity contribution in [1.29, 1.82) is 0 Å². The molecule has 0 bridgehead atoms. The van der Waals surface area contributed by atoms with Crippen LogP contribution >= 0.6 is 0 Å². The fraction of sp³-hybridized carbons (Fsp3) is 0.400. The molecule has 0 saturated carbocycles. The van der Waals surface area contributed by atoms with Gasteiger partial charge in [0.05, 0.1) is 13.7 Å². The number of aryl methyl sites for hydroxylation is 1. The highest BCUT2D eigenvalue weighted by atomic mass is 16.5. The van der Waals surface area contributed by atoms with Gasteiger partial charge in [0, 0.05) is 0 Å². The van der Waals surface area contributed by atoms with Crippen molar-refractivity contribution in [1.82, 2.24) is 0 Å². The maximum Gasteiger partial charge on any atom is 0.119 e. The Morgan fingerprint density at radius 2 is 2.08 bits per heavy atom. The van der Waals surface area contributed by atoms with Gasteiger partial charge >= 0.3 is 0 Å². The minimum atomic E-state index is 0.104. The van der Waals surface area contributed by atoms with Crippen molar-refractivity contribution in [3.05, 3.63) is 29.3 Å². The third kappa shape index (κ3) is 1.77. The second kappa shape index (κ2) is 4.12. The molecule has 0 atom stereocenters. The maximum atomic E-state index is 8.97. The lowest BCUT2D eigenvalue weighted by Gasteiger charge is -2.06. The van der Waals surface area contributed by atoms with Crippen LogP contribution in [0.15, 0.2) is 18.2 Å². The van der Waals surface area contributed by atoms with Gasteiger partial charge in [-0.1, -0.05) is 13.0 Å². The van der Waals surface area contributed by atoms with E-state index in [2.05, 4.69) is 6.92 Å². The first-order valence-electron chi connectivity index (χ1n) is 4.08. The zero-order valence-corrected chi connectivity index (χ0v) is 7.50. The van der Waals surface area contributed by atoms with Crippen LogP contribution in [-0.2, 0) is 13.0 Å². The number of ether oxygens (including phenoxy) is 1. The molecule has 1 aromatic carbocycles. The van der Waals surface area contributed by atoms with Crippen LogP contribution in [-0.4, -0.2) is 12.2 Å². The average Bonchev–Trinajstić information content (AvgIpc) is 2.16. The molecular formula is C10H14O2. The third-order valence-corrected chi connectivity index (χ3v) is 1.96. The van der Waals surface area contributed by atoms with Crippen molar-refractivity contribution < 1.29 is 9.84 Å². The fourth-order valence-electron chi connectivity index (χ4n) is 1.21. The molecule has 66 valence electrons. The number of rotatable bonds is 3. The van der Waals surface area contributed by atoms with Crippen LogP contribution in [0.2, 0.25) is 0 Å². The molecule has 0 heterocycles. The van der Waals surface area contributed by atoms with Crippen molar-refractivity contribution in [3.8, 4) is 5.75 Å². The van der Waals surface area contributed by atoms with Crippen LogP contribution in [0.5, 0.6) is 5.75 Å². The Hall–Kier alpha value is -1.02. The standard InChI is InChI=1S/C10H14O2/c1-3-8-6-10(12-2)5-4-9(8)7-11/h4-6,11H,3,7H2,1-2H3. The largest absolute Gasteiger partial charge is 0.497 e. The minimum absolute atomic E-state index is 0.104. The fourth-order valence-corrected chi connectivity index (χ4v) is 1.21. The van der Waals surface area contributed by atoms with Crippen molar-refractivity contribution in [2.24, 2.45) is 0 Å². The number of aliphatic hydroxyl groups is 1. The third-order valence-electron chi connectivity index (χ3n) is 1.96. The van der Waals surface area contributed by atoms with E-state index in [1.54, 1.807) is 7.11 Å². The van der Waals surface area contributed by atoms with Gasteiger partial charge in [-0.25, -0.2) is 0 Å². The Morgan fingerprint density at radius 1 is 1.33 bits per heavy atom. The Bertz CT molecular complexity index is 256. The summed E-state index contributed by atoms with van der Waals surface area (Å²) in [5.41, 5.74) is 2.13. The van der Waals surface area contributed by atoms with Crippen molar-refractivity contribution in [3.63, 3.8) is 0 Å². The molecule has 2 heteroatoms. The zero-order chi connectivity index (χ0) is 8.97. The summed E-state index contributed by atoms with van der Waals surface area (Å²) in [5.74, 6) is 0.851. The van der Waals surface area contributed by atoms with Crippen LogP contribution in [0.3, 0.4) is 0 Å². The van der Waals surface area contributed by atoms with E-state index >= 15 is 0 Å². The lowest BCUT2D eigenvalue weighted by Crippen LogP contribution is -1.93. The molecule has 0 aliphatic heterocycles.